The van der Waals surface area contributed by atoms with E-state index in [1.54, 1.807) is 19.4 Å². The molecule has 4 atom stereocenters. The highest BCUT2D eigenvalue weighted by Gasteiger charge is 2.56. The maximum atomic E-state index is 12.7. The summed E-state index contributed by atoms with van der Waals surface area (Å²) in [7, 11) is 1.62. The van der Waals surface area contributed by atoms with Crippen LogP contribution < -0.4 is 10.1 Å². The number of ether oxygens (including phenoxy) is 1. The summed E-state index contributed by atoms with van der Waals surface area (Å²) in [5.41, 5.74) is 1.66. The molecule has 128 valence electrons. The van der Waals surface area contributed by atoms with Crippen molar-refractivity contribution in [1.82, 2.24) is 15.3 Å². The first-order valence-corrected chi connectivity index (χ1v) is 8.74. The number of amides is 1. The van der Waals surface area contributed by atoms with Gasteiger partial charge in [0.25, 0.3) is 5.91 Å². The summed E-state index contributed by atoms with van der Waals surface area (Å²) in [6, 6.07) is 3.89. The Kier molecular flexibility index (Phi) is 3.37. The average molecular weight is 327 g/mol. The van der Waals surface area contributed by atoms with Crippen LogP contribution in [0.5, 0.6) is 5.75 Å². The van der Waals surface area contributed by atoms with E-state index in [9.17, 15) is 4.79 Å². The number of methoxy groups -OCH3 is 1. The van der Waals surface area contributed by atoms with Crippen molar-refractivity contribution in [3.8, 4) is 5.75 Å². The molecule has 3 aliphatic carbocycles. The van der Waals surface area contributed by atoms with E-state index in [0.29, 0.717) is 28.6 Å². The summed E-state index contributed by atoms with van der Waals surface area (Å²) < 4.78 is 5.34. The van der Waals surface area contributed by atoms with Gasteiger partial charge in [-0.25, -0.2) is 4.98 Å². The van der Waals surface area contributed by atoms with Crippen LogP contribution in [-0.2, 0) is 0 Å². The zero-order chi connectivity index (χ0) is 17.1. The van der Waals surface area contributed by atoms with Gasteiger partial charge in [0.05, 0.1) is 12.5 Å². The Morgan fingerprint density at radius 2 is 2.21 bits per heavy atom. The Balaban J connectivity index is 1.53. The van der Waals surface area contributed by atoms with Gasteiger partial charge < -0.3 is 15.0 Å². The molecule has 2 aromatic rings. The molecule has 0 aliphatic heterocycles. The van der Waals surface area contributed by atoms with Crippen LogP contribution >= 0.6 is 0 Å². The molecular formula is C19H25N3O2. The number of carbonyl (C=O) groups is 1. The summed E-state index contributed by atoms with van der Waals surface area (Å²) in [6.45, 7) is 7.02. The molecule has 2 heterocycles. The van der Waals surface area contributed by atoms with Crippen LogP contribution in [0.25, 0.3) is 11.0 Å². The van der Waals surface area contributed by atoms with E-state index in [1.165, 1.54) is 6.42 Å². The van der Waals surface area contributed by atoms with Gasteiger partial charge in [0, 0.05) is 12.2 Å². The molecule has 0 spiro atoms. The topological polar surface area (TPSA) is 67.0 Å². The number of pyridine rings is 1. The number of hydrogen-bond acceptors (Lipinski definition) is 3. The molecule has 5 rings (SSSR count). The monoisotopic (exact) mass is 327 g/mol. The summed E-state index contributed by atoms with van der Waals surface area (Å²) in [6.07, 6.45) is 4.07. The van der Waals surface area contributed by atoms with Crippen LogP contribution in [0.15, 0.2) is 18.3 Å². The molecule has 5 heteroatoms. The van der Waals surface area contributed by atoms with E-state index in [1.807, 2.05) is 6.07 Å². The molecule has 2 N–H and O–H groups in total. The minimum atomic E-state index is -0.0500. The Labute approximate surface area is 142 Å². The highest BCUT2D eigenvalue weighted by atomic mass is 16.5. The molecular weight excluding hydrogens is 302 g/mol. The summed E-state index contributed by atoms with van der Waals surface area (Å²) in [5, 5.41) is 4.08. The molecule has 3 fully saturated rings. The first-order chi connectivity index (χ1) is 11.4. The Morgan fingerprint density at radius 1 is 1.42 bits per heavy atom. The number of aromatic nitrogens is 2. The highest BCUT2D eigenvalue weighted by molar-refractivity contribution is 5.98. The minimum absolute atomic E-state index is 0.0500. The number of hydrogen-bond donors (Lipinski definition) is 2. The molecule has 0 aromatic carbocycles. The molecule has 2 bridgehead atoms. The second-order valence-corrected chi connectivity index (χ2v) is 7.99. The fraction of sp³-hybridized carbons (Fsp3) is 0.579. The van der Waals surface area contributed by atoms with Gasteiger partial charge in [-0.05, 0) is 48.1 Å². The normalized spacial score (nSPS) is 30.7. The van der Waals surface area contributed by atoms with E-state index < -0.39 is 0 Å². The fourth-order valence-corrected chi connectivity index (χ4v) is 4.89. The predicted molar refractivity (Wildman–Crippen MR) is 93.1 cm³/mol. The Hall–Kier alpha value is -2.04. The van der Waals surface area contributed by atoms with E-state index in [4.69, 9.17) is 4.74 Å². The van der Waals surface area contributed by atoms with Crippen LogP contribution in [0.2, 0.25) is 0 Å². The zero-order valence-electron chi connectivity index (χ0n) is 14.7. The largest absolute Gasteiger partial charge is 0.496 e. The maximum absolute atomic E-state index is 12.7. The van der Waals surface area contributed by atoms with Crippen molar-refractivity contribution in [3.63, 3.8) is 0 Å². The van der Waals surface area contributed by atoms with Gasteiger partial charge in [-0.1, -0.05) is 20.8 Å². The SMILES string of the molecule is COc1ccnc2[nH]c(C(=O)N[C@H]3C[C@H]4C[C@@H]([C@@H]3C)C4(C)C)cc12. The number of aromatic amines is 1. The first-order valence-electron chi connectivity index (χ1n) is 8.74. The Morgan fingerprint density at radius 3 is 2.88 bits per heavy atom. The van der Waals surface area contributed by atoms with Crippen LogP contribution in [0.4, 0.5) is 0 Å². The number of nitrogens with zero attached hydrogens (tertiary/aromatic N) is 1. The lowest BCUT2D eigenvalue weighted by molar-refractivity contribution is -0.113. The Bertz CT molecular complexity index is 795. The third kappa shape index (κ3) is 2.14. The van der Waals surface area contributed by atoms with Crippen molar-refractivity contribution < 1.29 is 9.53 Å². The summed E-state index contributed by atoms with van der Waals surface area (Å²) in [5.74, 6) is 2.64. The van der Waals surface area contributed by atoms with E-state index in [0.717, 1.165) is 23.5 Å². The molecule has 3 saturated carbocycles. The van der Waals surface area contributed by atoms with E-state index in [-0.39, 0.29) is 11.9 Å². The molecule has 0 unspecified atom stereocenters. The third-order valence-electron chi connectivity index (χ3n) is 6.63. The summed E-state index contributed by atoms with van der Waals surface area (Å²) in [4.78, 5) is 20.1. The third-order valence-corrected chi connectivity index (χ3v) is 6.63. The molecule has 3 aliphatic rings. The molecule has 24 heavy (non-hydrogen) atoms. The highest BCUT2D eigenvalue weighted by Crippen LogP contribution is 2.61. The van der Waals surface area contributed by atoms with Crippen molar-refractivity contribution in [2.24, 2.45) is 23.2 Å². The lowest BCUT2D eigenvalue weighted by Gasteiger charge is -2.62. The van der Waals surface area contributed by atoms with Gasteiger partial charge >= 0.3 is 0 Å². The lowest BCUT2D eigenvalue weighted by atomic mass is 9.45. The molecule has 0 radical (unpaired) electrons. The molecule has 5 nitrogen and oxygen atoms in total. The standard InChI is InChI=1S/C19H25N3O2/c1-10-13-7-11(19(13,2)3)8-14(10)22-18(23)15-9-12-16(24-4)5-6-20-17(12)21-15/h5-6,9-11,13-14H,7-8H2,1-4H3,(H,20,21)(H,22,23)/t10-,11+,13-,14-/m0/s1. The van der Waals surface area contributed by atoms with Crippen LogP contribution in [-0.4, -0.2) is 29.0 Å². The van der Waals surface area contributed by atoms with Gasteiger partial charge in [-0.15, -0.1) is 0 Å². The van der Waals surface area contributed by atoms with Gasteiger partial charge in [0.1, 0.15) is 17.1 Å². The van der Waals surface area contributed by atoms with Crippen LogP contribution in [0, 0.1) is 23.2 Å². The maximum Gasteiger partial charge on any atom is 0.268 e. The van der Waals surface area contributed by atoms with Gasteiger partial charge in [0.2, 0.25) is 0 Å². The van der Waals surface area contributed by atoms with E-state index >= 15 is 0 Å². The second kappa shape index (κ2) is 5.23. The van der Waals surface area contributed by atoms with E-state index in [2.05, 4.69) is 36.1 Å². The quantitative estimate of drug-likeness (QED) is 0.908. The average Bonchev–Trinajstić information content (AvgIpc) is 3.00. The lowest BCUT2D eigenvalue weighted by Crippen LogP contribution is -2.60. The van der Waals surface area contributed by atoms with Crippen molar-refractivity contribution >= 4 is 16.9 Å². The van der Waals surface area contributed by atoms with Crippen molar-refractivity contribution in [3.05, 3.63) is 24.0 Å². The van der Waals surface area contributed by atoms with Crippen LogP contribution in [0.1, 0.15) is 44.1 Å². The number of H-pyrrole nitrogens is 1. The van der Waals surface area contributed by atoms with Crippen molar-refractivity contribution in [2.45, 2.75) is 39.7 Å². The number of carbonyl (C=O) groups excluding carboxylic acids is 1. The van der Waals surface area contributed by atoms with Gasteiger partial charge in [0.15, 0.2) is 0 Å². The smallest absolute Gasteiger partial charge is 0.268 e. The van der Waals surface area contributed by atoms with Gasteiger partial charge in [-0.3, -0.25) is 4.79 Å². The van der Waals surface area contributed by atoms with Gasteiger partial charge in [-0.2, -0.15) is 0 Å². The number of fused-ring (bicyclic) bond motifs is 3. The molecule has 0 saturated heterocycles. The molecule has 2 aromatic heterocycles. The second-order valence-electron chi connectivity index (χ2n) is 7.99. The zero-order valence-corrected chi connectivity index (χ0v) is 14.7. The molecule has 1 amide bonds. The predicted octanol–water partition coefficient (Wildman–Crippen LogP) is 3.37. The first kappa shape index (κ1) is 15.5. The number of rotatable bonds is 3. The minimum Gasteiger partial charge on any atom is -0.496 e. The number of nitrogens with one attached hydrogen (secondary N) is 2. The summed E-state index contributed by atoms with van der Waals surface area (Å²) >= 11 is 0. The van der Waals surface area contributed by atoms with Crippen molar-refractivity contribution in [1.29, 1.82) is 0 Å². The fourth-order valence-electron chi connectivity index (χ4n) is 4.89. The van der Waals surface area contributed by atoms with Crippen LogP contribution in [0.3, 0.4) is 0 Å². The van der Waals surface area contributed by atoms with Crippen molar-refractivity contribution in [2.75, 3.05) is 7.11 Å².